The normalized spacial score (nSPS) is 9.79. The molecule has 0 saturated carbocycles. The summed E-state index contributed by atoms with van der Waals surface area (Å²) in [6.45, 7) is 0. The second-order valence-electron chi connectivity index (χ2n) is 3.84. The number of halogens is 1. The molecule has 2 aromatic rings. The molecule has 0 unspecified atom stereocenters. The van der Waals surface area contributed by atoms with Crippen molar-refractivity contribution in [1.29, 1.82) is 5.26 Å². The van der Waals surface area contributed by atoms with Crippen LogP contribution in [0.5, 0.6) is 0 Å². The van der Waals surface area contributed by atoms with E-state index in [0.717, 1.165) is 5.69 Å². The van der Waals surface area contributed by atoms with Crippen molar-refractivity contribution in [2.75, 3.05) is 24.3 Å². The SMILES string of the molecule is CNc1ncc(Cl)c(N(C)c2cccc(C#N)c2)n1. The minimum Gasteiger partial charge on any atom is -0.357 e. The summed E-state index contributed by atoms with van der Waals surface area (Å²) in [4.78, 5) is 10.2. The lowest BCUT2D eigenvalue weighted by Gasteiger charge is -2.19. The summed E-state index contributed by atoms with van der Waals surface area (Å²) in [5.41, 5.74) is 1.42. The van der Waals surface area contributed by atoms with E-state index in [0.29, 0.717) is 22.4 Å². The summed E-state index contributed by atoms with van der Waals surface area (Å²) >= 11 is 6.11. The highest BCUT2D eigenvalue weighted by molar-refractivity contribution is 6.33. The number of hydrogen-bond donors (Lipinski definition) is 1. The molecule has 1 N–H and O–H groups in total. The van der Waals surface area contributed by atoms with Gasteiger partial charge in [0.05, 0.1) is 17.8 Å². The van der Waals surface area contributed by atoms with Gasteiger partial charge in [0.1, 0.15) is 5.02 Å². The molecule has 0 radical (unpaired) electrons. The third kappa shape index (κ3) is 2.75. The maximum absolute atomic E-state index is 8.92. The molecular weight excluding hydrogens is 262 g/mol. The highest BCUT2D eigenvalue weighted by Gasteiger charge is 2.12. The Morgan fingerprint density at radius 3 is 2.89 bits per heavy atom. The van der Waals surface area contributed by atoms with Gasteiger partial charge in [0, 0.05) is 19.8 Å². The summed E-state index contributed by atoms with van der Waals surface area (Å²) in [5.74, 6) is 1.07. The summed E-state index contributed by atoms with van der Waals surface area (Å²) in [6, 6.07) is 9.33. The molecule has 0 spiro atoms. The Hall–Kier alpha value is -2.32. The lowest BCUT2D eigenvalue weighted by molar-refractivity contribution is 1.08. The minimum absolute atomic E-state index is 0.448. The van der Waals surface area contributed by atoms with E-state index >= 15 is 0 Å². The third-order valence-corrected chi connectivity index (χ3v) is 2.90. The number of aromatic nitrogens is 2. The maximum atomic E-state index is 8.92. The Labute approximate surface area is 116 Å². The van der Waals surface area contributed by atoms with Crippen molar-refractivity contribution < 1.29 is 0 Å². The Balaban J connectivity index is 2.43. The van der Waals surface area contributed by atoms with Crippen molar-refractivity contribution in [3.8, 4) is 6.07 Å². The second-order valence-corrected chi connectivity index (χ2v) is 4.24. The molecule has 0 bridgehead atoms. The van der Waals surface area contributed by atoms with Crippen LogP contribution in [-0.4, -0.2) is 24.1 Å². The fourth-order valence-electron chi connectivity index (χ4n) is 1.62. The summed E-state index contributed by atoms with van der Waals surface area (Å²) in [6.07, 6.45) is 1.54. The van der Waals surface area contributed by atoms with E-state index in [1.807, 2.05) is 24.1 Å². The van der Waals surface area contributed by atoms with E-state index in [-0.39, 0.29) is 0 Å². The van der Waals surface area contributed by atoms with Gasteiger partial charge in [-0.15, -0.1) is 0 Å². The first-order valence-electron chi connectivity index (χ1n) is 5.60. The smallest absolute Gasteiger partial charge is 0.224 e. The zero-order valence-electron chi connectivity index (χ0n) is 10.6. The molecule has 2 rings (SSSR count). The fraction of sp³-hybridized carbons (Fsp3) is 0.154. The number of hydrogen-bond acceptors (Lipinski definition) is 5. The van der Waals surface area contributed by atoms with Crippen LogP contribution in [0.1, 0.15) is 5.56 Å². The van der Waals surface area contributed by atoms with Gasteiger partial charge in [0.25, 0.3) is 0 Å². The molecular formula is C13H12ClN5. The van der Waals surface area contributed by atoms with E-state index in [2.05, 4.69) is 21.4 Å². The number of nitrogens with zero attached hydrogens (tertiary/aromatic N) is 4. The van der Waals surface area contributed by atoms with Gasteiger partial charge in [0.15, 0.2) is 5.82 Å². The zero-order chi connectivity index (χ0) is 13.8. The van der Waals surface area contributed by atoms with Crippen LogP contribution in [0, 0.1) is 11.3 Å². The molecule has 1 aromatic heterocycles. The lowest BCUT2D eigenvalue weighted by Crippen LogP contribution is -2.13. The van der Waals surface area contributed by atoms with Gasteiger partial charge in [-0.2, -0.15) is 10.2 Å². The number of nitrogens with one attached hydrogen (secondary N) is 1. The Morgan fingerprint density at radius 1 is 1.42 bits per heavy atom. The van der Waals surface area contributed by atoms with Crippen LogP contribution in [-0.2, 0) is 0 Å². The molecule has 1 aromatic carbocycles. The number of rotatable bonds is 3. The molecule has 6 heteroatoms. The molecule has 0 atom stereocenters. The van der Waals surface area contributed by atoms with Crippen molar-refractivity contribution in [2.45, 2.75) is 0 Å². The van der Waals surface area contributed by atoms with Gasteiger partial charge in [-0.3, -0.25) is 0 Å². The number of nitriles is 1. The molecule has 0 amide bonds. The molecule has 0 aliphatic rings. The van der Waals surface area contributed by atoms with Crippen LogP contribution in [0.15, 0.2) is 30.5 Å². The average molecular weight is 274 g/mol. The Bertz CT molecular complexity index is 635. The van der Waals surface area contributed by atoms with Crippen molar-refractivity contribution >= 4 is 29.1 Å². The van der Waals surface area contributed by atoms with E-state index in [9.17, 15) is 0 Å². The van der Waals surface area contributed by atoms with Crippen molar-refractivity contribution in [3.63, 3.8) is 0 Å². The van der Waals surface area contributed by atoms with Gasteiger partial charge >= 0.3 is 0 Å². The first-order valence-corrected chi connectivity index (χ1v) is 5.97. The van der Waals surface area contributed by atoms with Crippen LogP contribution in [0.25, 0.3) is 0 Å². The van der Waals surface area contributed by atoms with Crippen LogP contribution in [0.2, 0.25) is 5.02 Å². The molecule has 5 nitrogen and oxygen atoms in total. The second kappa shape index (κ2) is 5.55. The molecule has 0 saturated heterocycles. The van der Waals surface area contributed by atoms with Gasteiger partial charge in [-0.05, 0) is 18.2 Å². The van der Waals surface area contributed by atoms with E-state index in [1.54, 1.807) is 25.4 Å². The van der Waals surface area contributed by atoms with Gasteiger partial charge in [-0.25, -0.2) is 4.98 Å². The first-order chi connectivity index (χ1) is 9.15. The van der Waals surface area contributed by atoms with Gasteiger partial charge in [-0.1, -0.05) is 17.7 Å². The van der Waals surface area contributed by atoms with Crippen LogP contribution in [0.3, 0.4) is 0 Å². The summed E-state index contributed by atoms with van der Waals surface area (Å²) in [5, 5.41) is 12.2. The molecule has 0 fully saturated rings. The fourth-order valence-corrected chi connectivity index (χ4v) is 1.84. The molecule has 0 aliphatic heterocycles. The van der Waals surface area contributed by atoms with E-state index in [4.69, 9.17) is 16.9 Å². The molecule has 19 heavy (non-hydrogen) atoms. The maximum Gasteiger partial charge on any atom is 0.224 e. The van der Waals surface area contributed by atoms with Gasteiger partial charge in [0.2, 0.25) is 5.95 Å². The number of anilines is 3. The standard InChI is InChI=1S/C13H12ClN5/c1-16-13-17-8-11(14)12(18-13)19(2)10-5-3-4-9(6-10)7-15/h3-6,8H,1-2H3,(H,16,17,18). The monoisotopic (exact) mass is 273 g/mol. The third-order valence-electron chi connectivity index (χ3n) is 2.63. The van der Waals surface area contributed by atoms with Crippen molar-refractivity contribution in [1.82, 2.24) is 9.97 Å². The minimum atomic E-state index is 0.448. The highest BCUT2D eigenvalue weighted by Crippen LogP contribution is 2.29. The van der Waals surface area contributed by atoms with E-state index in [1.165, 1.54) is 0 Å². The van der Waals surface area contributed by atoms with Crippen molar-refractivity contribution in [2.24, 2.45) is 0 Å². The predicted octanol–water partition coefficient (Wildman–Crippen LogP) is 2.81. The topological polar surface area (TPSA) is 64.8 Å². The first kappa shape index (κ1) is 13.1. The Morgan fingerprint density at radius 2 is 2.21 bits per heavy atom. The zero-order valence-corrected chi connectivity index (χ0v) is 11.3. The van der Waals surface area contributed by atoms with Gasteiger partial charge < -0.3 is 10.2 Å². The molecule has 1 heterocycles. The highest BCUT2D eigenvalue weighted by atomic mass is 35.5. The average Bonchev–Trinajstić information content (AvgIpc) is 2.47. The summed E-state index contributed by atoms with van der Waals surface area (Å²) < 4.78 is 0. The largest absolute Gasteiger partial charge is 0.357 e. The quantitative estimate of drug-likeness (QED) is 0.931. The predicted molar refractivity (Wildman–Crippen MR) is 75.8 cm³/mol. The van der Waals surface area contributed by atoms with Crippen LogP contribution >= 0.6 is 11.6 Å². The van der Waals surface area contributed by atoms with E-state index < -0.39 is 0 Å². The Kier molecular flexibility index (Phi) is 3.83. The van der Waals surface area contributed by atoms with Crippen LogP contribution < -0.4 is 10.2 Å². The molecule has 0 aliphatic carbocycles. The van der Waals surface area contributed by atoms with Crippen molar-refractivity contribution in [3.05, 3.63) is 41.0 Å². The number of benzene rings is 1. The van der Waals surface area contributed by atoms with Crippen LogP contribution in [0.4, 0.5) is 17.5 Å². The summed E-state index contributed by atoms with van der Waals surface area (Å²) in [7, 11) is 3.58. The lowest BCUT2D eigenvalue weighted by atomic mass is 10.2. The molecule has 96 valence electrons.